The number of anilines is 1. The van der Waals surface area contributed by atoms with Gasteiger partial charge in [0, 0.05) is 24.8 Å². The standard InChI is InChI=1S/C25H22F5N3O8/c26-13-1-3-14(4-2-13)31-24(38)25(39)33-5-6-40-10-12(9-33)23(37)32-17(8-19(35)36)18(34)11-41-22-20(29)15(27)7-16(28)21(22)30/h1-4,7,12,17H,5-6,8-11H2,(H,31,38)(H,32,37)(H,35,36)/t12-,17+/m1/s1. The summed E-state index contributed by atoms with van der Waals surface area (Å²) in [4.78, 5) is 62.8. The largest absolute Gasteiger partial charge is 0.481 e. The number of halogens is 5. The van der Waals surface area contributed by atoms with E-state index in [1.165, 1.54) is 12.1 Å². The van der Waals surface area contributed by atoms with Gasteiger partial charge in [0.25, 0.3) is 0 Å². The molecule has 0 aromatic heterocycles. The van der Waals surface area contributed by atoms with Crippen LogP contribution in [0.3, 0.4) is 0 Å². The zero-order valence-corrected chi connectivity index (χ0v) is 20.9. The van der Waals surface area contributed by atoms with E-state index in [4.69, 9.17) is 9.84 Å². The smallest absolute Gasteiger partial charge is 0.313 e. The number of carboxylic acids is 1. The van der Waals surface area contributed by atoms with E-state index in [2.05, 4.69) is 15.4 Å². The summed E-state index contributed by atoms with van der Waals surface area (Å²) in [7, 11) is 0. The lowest BCUT2D eigenvalue weighted by Crippen LogP contribution is -2.50. The Morgan fingerprint density at radius 1 is 1.02 bits per heavy atom. The number of rotatable bonds is 9. The summed E-state index contributed by atoms with van der Waals surface area (Å²) in [6.45, 7) is -2.13. The maximum Gasteiger partial charge on any atom is 0.313 e. The van der Waals surface area contributed by atoms with Crippen molar-refractivity contribution in [1.82, 2.24) is 10.2 Å². The lowest BCUT2D eigenvalue weighted by Gasteiger charge is -2.24. The second kappa shape index (κ2) is 13.6. The summed E-state index contributed by atoms with van der Waals surface area (Å²) < 4.78 is 77.3. The monoisotopic (exact) mass is 587 g/mol. The minimum absolute atomic E-state index is 0.0774. The van der Waals surface area contributed by atoms with E-state index in [-0.39, 0.29) is 38.1 Å². The van der Waals surface area contributed by atoms with Crippen molar-refractivity contribution >= 4 is 35.2 Å². The van der Waals surface area contributed by atoms with Gasteiger partial charge in [-0.25, -0.2) is 13.2 Å². The molecule has 0 saturated carbocycles. The topological polar surface area (TPSA) is 151 Å². The van der Waals surface area contributed by atoms with Crippen LogP contribution in [-0.2, 0) is 28.7 Å². The second-order valence-corrected chi connectivity index (χ2v) is 8.70. The first-order valence-corrected chi connectivity index (χ1v) is 11.8. The molecule has 0 bridgehead atoms. The molecule has 2 atom stereocenters. The highest BCUT2D eigenvalue weighted by molar-refractivity contribution is 6.39. The number of ether oxygens (including phenoxy) is 2. The molecular formula is C25H22F5N3O8. The molecule has 0 unspecified atom stereocenters. The predicted octanol–water partition coefficient (Wildman–Crippen LogP) is 1.40. The summed E-state index contributed by atoms with van der Waals surface area (Å²) in [6, 6.07) is 2.66. The number of hydrogen-bond acceptors (Lipinski definition) is 7. The molecule has 0 spiro atoms. The Hall–Kier alpha value is -4.60. The fraction of sp³-hybridized carbons (Fsp3) is 0.320. The molecule has 2 aromatic carbocycles. The number of carbonyl (C=O) groups excluding carboxylic acids is 4. The van der Waals surface area contributed by atoms with Crippen LogP contribution < -0.4 is 15.4 Å². The normalized spacial score (nSPS) is 15.8. The third-order valence-electron chi connectivity index (χ3n) is 5.73. The number of carboxylic acid groups (broad SMARTS) is 1. The highest BCUT2D eigenvalue weighted by Crippen LogP contribution is 2.26. The van der Waals surface area contributed by atoms with E-state index in [1.807, 2.05) is 0 Å². The Morgan fingerprint density at radius 2 is 1.66 bits per heavy atom. The molecule has 2 aromatic rings. The molecule has 41 heavy (non-hydrogen) atoms. The van der Waals surface area contributed by atoms with Crippen molar-refractivity contribution in [2.45, 2.75) is 12.5 Å². The Morgan fingerprint density at radius 3 is 2.27 bits per heavy atom. The minimum Gasteiger partial charge on any atom is -0.481 e. The summed E-state index contributed by atoms with van der Waals surface area (Å²) >= 11 is 0. The van der Waals surface area contributed by atoms with Gasteiger partial charge in [0.1, 0.15) is 18.5 Å². The Labute approximate surface area is 228 Å². The molecule has 1 heterocycles. The summed E-state index contributed by atoms with van der Waals surface area (Å²) in [5, 5.41) is 13.6. The van der Waals surface area contributed by atoms with E-state index in [0.717, 1.165) is 17.0 Å². The Balaban J connectivity index is 1.66. The molecule has 16 heteroatoms. The zero-order valence-electron chi connectivity index (χ0n) is 20.9. The van der Waals surface area contributed by atoms with Crippen molar-refractivity contribution in [3.05, 3.63) is 59.4 Å². The molecule has 3 N–H and O–H groups in total. The summed E-state index contributed by atoms with van der Waals surface area (Å²) in [5.41, 5.74) is 0.128. The zero-order chi connectivity index (χ0) is 30.3. The molecule has 0 radical (unpaired) electrons. The number of hydrogen-bond donors (Lipinski definition) is 3. The van der Waals surface area contributed by atoms with Crippen LogP contribution in [0, 0.1) is 35.0 Å². The number of carbonyl (C=O) groups is 5. The first-order valence-electron chi connectivity index (χ1n) is 11.8. The Bertz CT molecular complexity index is 1320. The third-order valence-corrected chi connectivity index (χ3v) is 5.73. The lowest BCUT2D eigenvalue weighted by atomic mass is 10.1. The first kappa shape index (κ1) is 30.9. The number of nitrogens with zero attached hydrogens (tertiary/aromatic N) is 1. The quantitative estimate of drug-likeness (QED) is 0.226. The number of Topliss-reactive ketones (excluding diaryl/α,β-unsaturated/α-hetero) is 1. The minimum atomic E-state index is -1.93. The van der Waals surface area contributed by atoms with Crippen LogP contribution in [-0.4, -0.2) is 78.4 Å². The van der Waals surface area contributed by atoms with Gasteiger partial charge in [-0.15, -0.1) is 0 Å². The number of amides is 3. The fourth-order valence-corrected chi connectivity index (χ4v) is 3.65. The van der Waals surface area contributed by atoms with E-state index < -0.39 is 89.3 Å². The Kier molecular flexibility index (Phi) is 10.3. The van der Waals surface area contributed by atoms with Crippen LogP contribution in [0.1, 0.15) is 6.42 Å². The van der Waals surface area contributed by atoms with Crippen molar-refractivity contribution in [1.29, 1.82) is 0 Å². The summed E-state index contributed by atoms with van der Waals surface area (Å²) in [5.74, 6) is -16.7. The molecule has 1 saturated heterocycles. The van der Waals surface area contributed by atoms with Crippen molar-refractivity contribution in [2.75, 3.05) is 38.2 Å². The van der Waals surface area contributed by atoms with Gasteiger partial charge >= 0.3 is 17.8 Å². The molecule has 3 rings (SSSR count). The number of aliphatic carboxylic acids is 1. The number of nitrogens with one attached hydrogen (secondary N) is 2. The molecule has 220 valence electrons. The van der Waals surface area contributed by atoms with Gasteiger partial charge in [0.05, 0.1) is 25.6 Å². The maximum absolute atomic E-state index is 13.8. The molecule has 1 fully saturated rings. The predicted molar refractivity (Wildman–Crippen MR) is 127 cm³/mol. The van der Waals surface area contributed by atoms with Crippen molar-refractivity contribution in [2.24, 2.45) is 5.92 Å². The van der Waals surface area contributed by atoms with E-state index in [0.29, 0.717) is 0 Å². The van der Waals surface area contributed by atoms with Gasteiger partial charge in [-0.2, -0.15) is 8.78 Å². The average molecular weight is 587 g/mol. The van der Waals surface area contributed by atoms with Crippen LogP contribution in [0.2, 0.25) is 0 Å². The van der Waals surface area contributed by atoms with E-state index >= 15 is 0 Å². The summed E-state index contributed by atoms with van der Waals surface area (Å²) in [6.07, 6.45) is -1.01. The van der Waals surface area contributed by atoms with Gasteiger partial charge in [0.2, 0.25) is 17.5 Å². The van der Waals surface area contributed by atoms with E-state index in [9.17, 15) is 45.9 Å². The third kappa shape index (κ3) is 8.20. The van der Waals surface area contributed by atoms with Gasteiger partial charge in [0.15, 0.2) is 23.2 Å². The molecule has 0 aliphatic carbocycles. The van der Waals surface area contributed by atoms with Gasteiger partial charge in [-0.1, -0.05) is 0 Å². The molecule has 1 aliphatic heterocycles. The van der Waals surface area contributed by atoms with Crippen LogP contribution in [0.15, 0.2) is 30.3 Å². The van der Waals surface area contributed by atoms with Crippen molar-refractivity contribution < 1.29 is 60.5 Å². The van der Waals surface area contributed by atoms with Crippen molar-refractivity contribution in [3.8, 4) is 5.75 Å². The first-order chi connectivity index (χ1) is 19.4. The van der Waals surface area contributed by atoms with Crippen LogP contribution in [0.4, 0.5) is 27.6 Å². The SMILES string of the molecule is O=C(O)C[C@H](NC(=O)[C@H]1COCCN(C(=O)C(=O)Nc2ccc(F)cc2)C1)C(=O)COc1c(F)c(F)cc(F)c1F. The molecule has 11 nitrogen and oxygen atoms in total. The highest BCUT2D eigenvalue weighted by Gasteiger charge is 2.33. The number of ketones is 1. The lowest BCUT2D eigenvalue weighted by molar-refractivity contribution is -0.144. The highest BCUT2D eigenvalue weighted by atomic mass is 19.2. The van der Waals surface area contributed by atoms with Crippen LogP contribution in [0.5, 0.6) is 5.75 Å². The van der Waals surface area contributed by atoms with Crippen LogP contribution in [0.25, 0.3) is 0 Å². The van der Waals surface area contributed by atoms with Crippen LogP contribution >= 0.6 is 0 Å². The molecule has 3 amide bonds. The maximum atomic E-state index is 13.8. The van der Waals surface area contributed by atoms with Gasteiger partial charge in [-0.05, 0) is 24.3 Å². The fourth-order valence-electron chi connectivity index (χ4n) is 3.65. The average Bonchev–Trinajstić information content (AvgIpc) is 3.18. The van der Waals surface area contributed by atoms with Crippen molar-refractivity contribution in [3.63, 3.8) is 0 Å². The van der Waals surface area contributed by atoms with Gasteiger partial charge < -0.3 is 30.1 Å². The molecular weight excluding hydrogens is 565 g/mol. The van der Waals surface area contributed by atoms with E-state index in [1.54, 1.807) is 0 Å². The van der Waals surface area contributed by atoms with Gasteiger partial charge in [-0.3, -0.25) is 24.0 Å². The second-order valence-electron chi connectivity index (χ2n) is 8.70. The molecule has 1 aliphatic rings. The number of benzene rings is 2.